The molecule has 0 unspecified atom stereocenters. The molecule has 0 bridgehead atoms. The van der Waals surface area contributed by atoms with Crippen LogP contribution in [-0.4, -0.2) is 96.9 Å². The monoisotopic (exact) mass is 817 g/mol. The maximum Gasteiger partial charge on any atom is 0.222 e. The Bertz CT molecular complexity index is 765. The van der Waals surface area contributed by atoms with Crippen LogP contribution in [0.25, 0.3) is 0 Å². The van der Waals surface area contributed by atoms with Gasteiger partial charge in [-0.1, -0.05) is 207 Å². The van der Waals surface area contributed by atoms with E-state index in [-0.39, 0.29) is 0 Å². The summed E-state index contributed by atoms with van der Waals surface area (Å²) in [5.41, 5.74) is 0. The highest BCUT2D eigenvalue weighted by Gasteiger charge is 2.24. The molecule has 1 rings (SSSR count). The highest BCUT2D eigenvalue weighted by atomic mass is 16.2. The highest BCUT2D eigenvalue weighted by Crippen LogP contribution is 2.15. The third kappa shape index (κ3) is 33.6. The molecule has 1 aliphatic heterocycles. The number of nitrogens with zero attached hydrogens (tertiary/aromatic N) is 4. The van der Waals surface area contributed by atoms with E-state index >= 15 is 0 Å². The largest absolute Gasteiger partial charge is 0.339 e. The molecule has 0 atom stereocenters. The van der Waals surface area contributed by atoms with E-state index in [0.29, 0.717) is 50.8 Å². The second kappa shape index (κ2) is 42.5. The minimum atomic E-state index is 0.295. The molecule has 1 fully saturated rings. The highest BCUT2D eigenvalue weighted by molar-refractivity contribution is 5.78. The molecule has 0 N–H and O–H groups in total. The van der Waals surface area contributed by atoms with Crippen LogP contribution in [0, 0.1) is 0 Å². The summed E-state index contributed by atoms with van der Waals surface area (Å²) in [5, 5.41) is 0. The molecule has 1 aliphatic rings. The Morgan fingerprint density at radius 2 is 0.483 bits per heavy atom. The summed E-state index contributed by atoms with van der Waals surface area (Å²) < 4.78 is 0. The van der Waals surface area contributed by atoms with Gasteiger partial charge in [0.05, 0.1) is 0 Å². The zero-order valence-corrected chi connectivity index (χ0v) is 40.1. The van der Waals surface area contributed by atoms with Gasteiger partial charge in [-0.3, -0.25) is 9.59 Å². The first-order valence-electron chi connectivity index (χ1n) is 26.6. The SMILES string of the molecule is CCCCCCCCCCN(CCCCCCCCCC)CCCC(=O)N1CCN(C(=O)CCCN(CCCCCCCCCC)CCCCCCCCCC)CC1. The van der Waals surface area contributed by atoms with Gasteiger partial charge in [0.2, 0.25) is 11.8 Å². The summed E-state index contributed by atoms with van der Waals surface area (Å²) in [7, 11) is 0. The van der Waals surface area contributed by atoms with Crippen molar-refractivity contribution in [3.8, 4) is 0 Å². The minimum Gasteiger partial charge on any atom is -0.339 e. The van der Waals surface area contributed by atoms with Crippen LogP contribution in [0.5, 0.6) is 0 Å². The normalized spacial score (nSPS) is 13.4. The average Bonchev–Trinajstić information content (AvgIpc) is 3.24. The van der Waals surface area contributed by atoms with Crippen LogP contribution in [0.1, 0.15) is 259 Å². The number of hydrogen-bond acceptors (Lipinski definition) is 4. The summed E-state index contributed by atoms with van der Waals surface area (Å²) in [6, 6.07) is 0. The number of amides is 2. The summed E-state index contributed by atoms with van der Waals surface area (Å²) in [6.45, 7) is 18.8. The van der Waals surface area contributed by atoms with Gasteiger partial charge in [0.15, 0.2) is 0 Å². The van der Waals surface area contributed by atoms with Crippen LogP contribution >= 0.6 is 0 Å². The van der Waals surface area contributed by atoms with Gasteiger partial charge in [0, 0.05) is 39.0 Å². The Kier molecular flexibility index (Phi) is 40.3. The van der Waals surface area contributed by atoms with Gasteiger partial charge in [-0.25, -0.2) is 0 Å². The first-order chi connectivity index (χ1) is 28.5. The lowest BCUT2D eigenvalue weighted by Crippen LogP contribution is -2.50. The lowest BCUT2D eigenvalue weighted by molar-refractivity contribution is -0.139. The molecular formula is C52H104N4O2. The van der Waals surface area contributed by atoms with E-state index in [0.717, 1.165) is 25.9 Å². The molecule has 1 saturated heterocycles. The van der Waals surface area contributed by atoms with Crippen LogP contribution in [0.2, 0.25) is 0 Å². The Morgan fingerprint density at radius 1 is 0.293 bits per heavy atom. The lowest BCUT2D eigenvalue weighted by atomic mass is 10.1. The molecule has 0 spiro atoms. The Hall–Kier alpha value is -1.14. The van der Waals surface area contributed by atoms with Gasteiger partial charge in [-0.15, -0.1) is 0 Å². The molecule has 0 aliphatic carbocycles. The quantitative estimate of drug-likeness (QED) is 0.0575. The van der Waals surface area contributed by atoms with Crippen LogP contribution in [0.4, 0.5) is 0 Å². The predicted molar refractivity (Wildman–Crippen MR) is 255 cm³/mol. The van der Waals surface area contributed by atoms with Crippen LogP contribution in [-0.2, 0) is 9.59 Å². The fourth-order valence-electron chi connectivity index (χ4n) is 8.98. The fourth-order valence-corrected chi connectivity index (χ4v) is 8.98. The molecule has 0 saturated carbocycles. The van der Waals surface area contributed by atoms with E-state index in [2.05, 4.69) is 37.5 Å². The predicted octanol–water partition coefficient (Wildman–Crippen LogP) is 14.4. The standard InChI is InChI=1S/C52H104N4O2/c1-5-9-13-17-21-25-29-33-41-53(42-34-30-26-22-18-14-10-6-2)45-37-39-51(57)55-47-49-56(50-48-55)52(58)40-38-46-54(43-35-31-27-23-19-15-11-7-3)44-36-32-28-24-20-16-12-8-4/h5-50H2,1-4H3. The summed E-state index contributed by atoms with van der Waals surface area (Å²) in [4.78, 5) is 36.0. The Morgan fingerprint density at radius 3 is 0.707 bits per heavy atom. The van der Waals surface area contributed by atoms with Gasteiger partial charge in [0.1, 0.15) is 0 Å². The van der Waals surface area contributed by atoms with Gasteiger partial charge < -0.3 is 19.6 Å². The molecule has 6 nitrogen and oxygen atoms in total. The van der Waals surface area contributed by atoms with E-state index in [1.807, 2.05) is 9.80 Å². The van der Waals surface area contributed by atoms with Crippen molar-refractivity contribution in [2.75, 3.05) is 65.4 Å². The number of piperazine rings is 1. The molecule has 58 heavy (non-hydrogen) atoms. The van der Waals surface area contributed by atoms with Gasteiger partial charge in [0.25, 0.3) is 0 Å². The third-order valence-electron chi connectivity index (χ3n) is 13.0. The first-order valence-corrected chi connectivity index (χ1v) is 26.6. The maximum absolute atomic E-state index is 13.3. The van der Waals surface area contributed by atoms with Crippen molar-refractivity contribution in [2.45, 2.75) is 259 Å². The van der Waals surface area contributed by atoms with Crippen LogP contribution in [0.15, 0.2) is 0 Å². The Balaban J connectivity index is 2.40. The third-order valence-corrected chi connectivity index (χ3v) is 13.0. The molecule has 0 radical (unpaired) electrons. The maximum atomic E-state index is 13.3. The van der Waals surface area contributed by atoms with E-state index in [1.165, 1.54) is 232 Å². The summed E-state index contributed by atoms with van der Waals surface area (Å²) in [5.74, 6) is 0.590. The topological polar surface area (TPSA) is 47.1 Å². The van der Waals surface area contributed by atoms with Gasteiger partial charge in [-0.05, 0) is 77.8 Å². The molecule has 1 heterocycles. The van der Waals surface area contributed by atoms with Crippen molar-refractivity contribution in [1.29, 1.82) is 0 Å². The van der Waals surface area contributed by atoms with E-state index in [1.54, 1.807) is 0 Å². The number of carbonyl (C=O) groups excluding carboxylic acids is 2. The van der Waals surface area contributed by atoms with Crippen LogP contribution in [0.3, 0.4) is 0 Å². The van der Waals surface area contributed by atoms with Crippen molar-refractivity contribution >= 4 is 11.8 Å². The minimum absolute atomic E-state index is 0.295. The molecule has 2 amide bonds. The molecule has 0 aromatic carbocycles. The first kappa shape index (κ1) is 54.9. The van der Waals surface area contributed by atoms with Gasteiger partial charge >= 0.3 is 0 Å². The molecule has 344 valence electrons. The second-order valence-corrected chi connectivity index (χ2v) is 18.6. The van der Waals surface area contributed by atoms with Crippen molar-refractivity contribution in [2.24, 2.45) is 0 Å². The zero-order valence-electron chi connectivity index (χ0n) is 40.1. The zero-order chi connectivity index (χ0) is 42.0. The van der Waals surface area contributed by atoms with Gasteiger partial charge in [-0.2, -0.15) is 0 Å². The van der Waals surface area contributed by atoms with E-state index < -0.39 is 0 Å². The van der Waals surface area contributed by atoms with Crippen molar-refractivity contribution in [3.63, 3.8) is 0 Å². The molecule has 0 aromatic rings. The Labute approximate surface area is 364 Å². The molecule has 0 aromatic heterocycles. The number of carbonyl (C=O) groups is 2. The summed E-state index contributed by atoms with van der Waals surface area (Å²) >= 11 is 0. The van der Waals surface area contributed by atoms with E-state index in [4.69, 9.17) is 0 Å². The lowest BCUT2D eigenvalue weighted by Gasteiger charge is -2.35. The average molecular weight is 817 g/mol. The fraction of sp³-hybridized carbons (Fsp3) is 0.962. The molecular weight excluding hydrogens is 713 g/mol. The van der Waals surface area contributed by atoms with Crippen molar-refractivity contribution < 1.29 is 9.59 Å². The van der Waals surface area contributed by atoms with Crippen molar-refractivity contribution in [1.82, 2.24) is 19.6 Å². The van der Waals surface area contributed by atoms with E-state index in [9.17, 15) is 9.59 Å². The van der Waals surface area contributed by atoms with Crippen molar-refractivity contribution in [3.05, 3.63) is 0 Å². The smallest absolute Gasteiger partial charge is 0.222 e. The number of hydrogen-bond donors (Lipinski definition) is 0. The summed E-state index contributed by atoms with van der Waals surface area (Å²) in [6.07, 6.45) is 46.9. The number of unbranched alkanes of at least 4 members (excludes halogenated alkanes) is 28. The molecule has 6 heteroatoms. The second-order valence-electron chi connectivity index (χ2n) is 18.6. The van der Waals surface area contributed by atoms with Crippen LogP contribution < -0.4 is 0 Å². The number of rotatable bonds is 44.